The summed E-state index contributed by atoms with van der Waals surface area (Å²) in [6, 6.07) is 5.91. The molecule has 1 aromatic rings. The molecule has 0 saturated heterocycles. The fourth-order valence-corrected chi connectivity index (χ4v) is 1.83. The van der Waals surface area contributed by atoms with Gasteiger partial charge < -0.3 is 0 Å². The van der Waals surface area contributed by atoms with Crippen LogP contribution >= 0.6 is 11.6 Å². The van der Waals surface area contributed by atoms with E-state index in [1.807, 2.05) is 0 Å². The highest BCUT2D eigenvalue weighted by Crippen LogP contribution is 2.18. The Labute approximate surface area is 99.2 Å². The first kappa shape index (κ1) is 12.7. The van der Waals surface area contributed by atoms with Gasteiger partial charge in [-0.3, -0.25) is 9.10 Å². The standard InChI is InChI=1S/C10H10ClNO3S/c1-3-16(14,15)12(2)9-6-4-8(5-7-9)10(11)13/h3-7H,1H2,2H3. The molecule has 1 rings (SSSR count). The monoisotopic (exact) mass is 259 g/mol. The smallest absolute Gasteiger partial charge is 0.256 e. The predicted octanol–water partition coefficient (Wildman–Crippen LogP) is 1.98. The largest absolute Gasteiger partial charge is 0.276 e. The van der Waals surface area contributed by atoms with E-state index < -0.39 is 15.3 Å². The van der Waals surface area contributed by atoms with Gasteiger partial charge in [0.05, 0.1) is 5.69 Å². The molecule has 86 valence electrons. The van der Waals surface area contributed by atoms with E-state index in [1.54, 1.807) is 0 Å². The molecule has 0 fully saturated rings. The molecular formula is C10H10ClNO3S. The van der Waals surface area contributed by atoms with E-state index in [9.17, 15) is 13.2 Å². The van der Waals surface area contributed by atoms with Crippen LogP contribution in [0.25, 0.3) is 0 Å². The first-order valence-corrected chi connectivity index (χ1v) is 6.18. The summed E-state index contributed by atoms with van der Waals surface area (Å²) in [5.41, 5.74) is 0.747. The molecule has 0 aliphatic heterocycles. The van der Waals surface area contributed by atoms with Gasteiger partial charge in [-0.2, -0.15) is 0 Å². The van der Waals surface area contributed by atoms with Crippen molar-refractivity contribution >= 4 is 32.6 Å². The lowest BCUT2D eigenvalue weighted by molar-refractivity contribution is 0.108. The lowest BCUT2D eigenvalue weighted by atomic mass is 10.2. The Morgan fingerprint density at radius 1 is 1.38 bits per heavy atom. The summed E-state index contributed by atoms with van der Waals surface area (Å²) >= 11 is 5.27. The lowest BCUT2D eigenvalue weighted by Gasteiger charge is -2.16. The summed E-state index contributed by atoms with van der Waals surface area (Å²) in [6.45, 7) is 3.22. The summed E-state index contributed by atoms with van der Waals surface area (Å²) in [4.78, 5) is 10.8. The van der Waals surface area contributed by atoms with Gasteiger partial charge in [-0.25, -0.2) is 8.42 Å². The van der Waals surface area contributed by atoms with Crippen LogP contribution in [0.15, 0.2) is 36.3 Å². The molecule has 0 radical (unpaired) electrons. The third-order valence-electron chi connectivity index (χ3n) is 2.05. The maximum Gasteiger partial charge on any atom is 0.256 e. The topological polar surface area (TPSA) is 54.5 Å². The van der Waals surface area contributed by atoms with Crippen molar-refractivity contribution in [2.24, 2.45) is 0 Å². The number of nitrogens with zero attached hydrogens (tertiary/aromatic N) is 1. The Kier molecular flexibility index (Phi) is 3.72. The molecule has 0 aliphatic carbocycles. The second kappa shape index (κ2) is 4.67. The van der Waals surface area contributed by atoms with Crippen molar-refractivity contribution in [3.05, 3.63) is 41.8 Å². The van der Waals surface area contributed by atoms with Crippen LogP contribution in [-0.2, 0) is 10.0 Å². The van der Waals surface area contributed by atoms with Gasteiger partial charge in [0.1, 0.15) is 0 Å². The fourth-order valence-electron chi connectivity index (χ4n) is 1.06. The van der Waals surface area contributed by atoms with E-state index in [0.29, 0.717) is 11.3 Å². The number of rotatable bonds is 4. The summed E-state index contributed by atoms with van der Waals surface area (Å²) < 4.78 is 23.9. The van der Waals surface area contributed by atoms with Gasteiger partial charge in [-0.05, 0) is 35.9 Å². The number of carbonyl (C=O) groups excluding carboxylic acids is 1. The van der Waals surface area contributed by atoms with Crippen LogP contribution in [0, 0.1) is 0 Å². The molecule has 0 unspecified atom stereocenters. The van der Waals surface area contributed by atoms with Gasteiger partial charge in [0.15, 0.2) is 0 Å². The van der Waals surface area contributed by atoms with Gasteiger partial charge >= 0.3 is 0 Å². The SMILES string of the molecule is C=CS(=O)(=O)N(C)c1ccc(C(=O)Cl)cc1. The Balaban J connectivity index is 3.08. The molecule has 0 amide bonds. The highest BCUT2D eigenvalue weighted by Gasteiger charge is 2.14. The van der Waals surface area contributed by atoms with Crippen molar-refractivity contribution in [3.63, 3.8) is 0 Å². The number of benzene rings is 1. The molecule has 16 heavy (non-hydrogen) atoms. The minimum Gasteiger partial charge on any atom is -0.276 e. The van der Waals surface area contributed by atoms with Crippen molar-refractivity contribution in [3.8, 4) is 0 Å². The number of carbonyl (C=O) groups is 1. The second-order valence-electron chi connectivity index (χ2n) is 3.00. The number of sulfonamides is 1. The first-order chi connectivity index (χ1) is 7.38. The first-order valence-electron chi connectivity index (χ1n) is 4.30. The van der Waals surface area contributed by atoms with E-state index in [0.717, 1.165) is 9.71 Å². The molecule has 0 heterocycles. The molecule has 0 atom stereocenters. The van der Waals surface area contributed by atoms with Crippen LogP contribution in [0.2, 0.25) is 0 Å². The lowest BCUT2D eigenvalue weighted by Crippen LogP contribution is -2.23. The fraction of sp³-hybridized carbons (Fsp3) is 0.100. The van der Waals surface area contributed by atoms with Crippen LogP contribution in [0.5, 0.6) is 0 Å². The Morgan fingerprint density at radius 3 is 2.25 bits per heavy atom. The summed E-state index contributed by atoms with van der Waals surface area (Å²) in [6.07, 6.45) is 0. The summed E-state index contributed by atoms with van der Waals surface area (Å²) in [5.74, 6) is 0. The van der Waals surface area contributed by atoms with Crippen molar-refractivity contribution in [1.82, 2.24) is 0 Å². The third-order valence-corrected chi connectivity index (χ3v) is 3.66. The molecule has 0 aromatic heterocycles. The molecule has 0 bridgehead atoms. The summed E-state index contributed by atoms with van der Waals surface area (Å²) in [7, 11) is -2.11. The highest BCUT2D eigenvalue weighted by atomic mass is 35.5. The zero-order chi connectivity index (χ0) is 12.3. The van der Waals surface area contributed by atoms with E-state index in [4.69, 9.17) is 11.6 Å². The van der Waals surface area contributed by atoms with Gasteiger partial charge in [-0.15, -0.1) is 0 Å². The predicted molar refractivity (Wildman–Crippen MR) is 64.1 cm³/mol. The third kappa shape index (κ3) is 2.62. The minimum atomic E-state index is -3.51. The Hall–Kier alpha value is -1.33. The maximum absolute atomic E-state index is 11.4. The molecular weight excluding hydrogens is 250 g/mol. The minimum absolute atomic E-state index is 0.315. The van der Waals surface area contributed by atoms with Crippen LogP contribution < -0.4 is 4.31 Å². The van der Waals surface area contributed by atoms with E-state index in [-0.39, 0.29) is 0 Å². The molecule has 0 spiro atoms. The van der Waals surface area contributed by atoms with Gasteiger partial charge in [0.2, 0.25) is 0 Å². The number of anilines is 1. The normalized spacial score (nSPS) is 10.9. The maximum atomic E-state index is 11.4. The molecule has 4 nitrogen and oxygen atoms in total. The van der Waals surface area contributed by atoms with E-state index in [1.165, 1.54) is 31.3 Å². The Morgan fingerprint density at radius 2 is 1.88 bits per heavy atom. The van der Waals surface area contributed by atoms with E-state index >= 15 is 0 Å². The number of hydrogen-bond donors (Lipinski definition) is 0. The zero-order valence-electron chi connectivity index (χ0n) is 8.55. The van der Waals surface area contributed by atoms with Crippen LogP contribution in [-0.4, -0.2) is 20.7 Å². The van der Waals surface area contributed by atoms with E-state index in [2.05, 4.69) is 6.58 Å². The average Bonchev–Trinajstić information content (AvgIpc) is 2.28. The second-order valence-corrected chi connectivity index (χ2v) is 5.25. The molecule has 0 aliphatic rings. The van der Waals surface area contributed by atoms with Gasteiger partial charge in [0.25, 0.3) is 15.3 Å². The molecule has 1 aromatic carbocycles. The quantitative estimate of drug-likeness (QED) is 0.777. The zero-order valence-corrected chi connectivity index (χ0v) is 10.1. The average molecular weight is 260 g/mol. The molecule has 0 N–H and O–H groups in total. The van der Waals surface area contributed by atoms with Crippen LogP contribution in [0.1, 0.15) is 10.4 Å². The van der Waals surface area contributed by atoms with Gasteiger partial charge in [-0.1, -0.05) is 6.58 Å². The van der Waals surface area contributed by atoms with Crippen molar-refractivity contribution in [2.75, 3.05) is 11.4 Å². The Bertz CT molecular complexity index is 507. The van der Waals surface area contributed by atoms with Gasteiger partial charge in [0, 0.05) is 18.0 Å². The van der Waals surface area contributed by atoms with Crippen molar-refractivity contribution in [1.29, 1.82) is 0 Å². The number of halogens is 1. The van der Waals surface area contributed by atoms with Crippen molar-refractivity contribution in [2.45, 2.75) is 0 Å². The van der Waals surface area contributed by atoms with Crippen LogP contribution in [0.4, 0.5) is 5.69 Å². The molecule has 0 saturated carbocycles. The van der Waals surface area contributed by atoms with Crippen molar-refractivity contribution < 1.29 is 13.2 Å². The number of hydrogen-bond acceptors (Lipinski definition) is 3. The van der Waals surface area contributed by atoms with Crippen LogP contribution in [0.3, 0.4) is 0 Å². The highest BCUT2D eigenvalue weighted by molar-refractivity contribution is 7.95. The summed E-state index contributed by atoms with van der Waals surface area (Å²) in [5, 5.41) is 0.272. The molecule has 6 heteroatoms.